The Bertz CT molecular complexity index is 304. The Morgan fingerprint density at radius 3 is 2.67 bits per heavy atom. The number of nitrogens with two attached hydrogens (primary N) is 1. The number of hydrogen-bond donors (Lipinski definition) is 2. The molecule has 0 aliphatic carbocycles. The van der Waals surface area contributed by atoms with Crippen LogP contribution >= 0.6 is 0 Å². The zero-order chi connectivity index (χ0) is 11.6. The van der Waals surface area contributed by atoms with Gasteiger partial charge >= 0.3 is 0 Å². The number of β-amino-alcohol motifs (C(OH)–C–C–N with tert-alkyl or cyclic N) is 1. The molecule has 1 saturated heterocycles. The minimum absolute atomic E-state index is 0.116. The van der Waals surface area contributed by atoms with Crippen LogP contribution in [0.2, 0.25) is 0 Å². The standard InChI is InChI=1S/C9H20N2O3S/c1-7-3-4-11(6-9(7)12)15(13,14)8(2)5-10/h7-9,12H,3-6,10H2,1-2H3. The number of piperidine rings is 1. The van der Waals surface area contributed by atoms with Crippen LogP contribution in [0.1, 0.15) is 20.3 Å². The number of aliphatic hydroxyl groups is 1. The molecule has 0 aromatic carbocycles. The van der Waals surface area contributed by atoms with Gasteiger partial charge in [-0.15, -0.1) is 0 Å². The molecular formula is C9H20N2O3S. The van der Waals surface area contributed by atoms with E-state index in [0.29, 0.717) is 13.0 Å². The Hall–Kier alpha value is -0.170. The molecule has 0 radical (unpaired) electrons. The fourth-order valence-corrected chi connectivity index (χ4v) is 3.10. The average molecular weight is 236 g/mol. The molecule has 6 heteroatoms. The molecule has 3 N–H and O–H groups in total. The first kappa shape index (κ1) is 12.9. The lowest BCUT2D eigenvalue weighted by Crippen LogP contribution is -2.49. The van der Waals surface area contributed by atoms with E-state index in [2.05, 4.69) is 0 Å². The summed E-state index contributed by atoms with van der Waals surface area (Å²) in [5, 5.41) is 9.06. The maximum atomic E-state index is 11.9. The van der Waals surface area contributed by atoms with E-state index >= 15 is 0 Å². The minimum Gasteiger partial charge on any atom is -0.391 e. The molecule has 0 amide bonds. The van der Waals surface area contributed by atoms with Crippen molar-refractivity contribution in [3.8, 4) is 0 Å². The van der Waals surface area contributed by atoms with Gasteiger partial charge in [0.25, 0.3) is 0 Å². The molecule has 0 spiro atoms. The summed E-state index contributed by atoms with van der Waals surface area (Å²) in [5.41, 5.74) is 5.36. The lowest BCUT2D eigenvalue weighted by Gasteiger charge is -2.34. The first-order valence-corrected chi connectivity index (χ1v) is 6.77. The van der Waals surface area contributed by atoms with Crippen LogP contribution in [0.5, 0.6) is 0 Å². The van der Waals surface area contributed by atoms with Gasteiger partial charge in [-0.25, -0.2) is 8.42 Å². The van der Waals surface area contributed by atoms with Crippen molar-refractivity contribution < 1.29 is 13.5 Å². The van der Waals surface area contributed by atoms with Gasteiger partial charge in [0, 0.05) is 19.6 Å². The van der Waals surface area contributed by atoms with Gasteiger partial charge in [0.2, 0.25) is 10.0 Å². The SMILES string of the molecule is CC1CCN(S(=O)(=O)C(C)CN)CC1O. The fourth-order valence-electron chi connectivity index (χ4n) is 1.63. The lowest BCUT2D eigenvalue weighted by molar-refractivity contribution is 0.0602. The van der Waals surface area contributed by atoms with Crippen LogP contribution in [0.25, 0.3) is 0 Å². The van der Waals surface area contributed by atoms with Crippen molar-refractivity contribution in [3.05, 3.63) is 0 Å². The first-order valence-electron chi connectivity index (χ1n) is 5.26. The highest BCUT2D eigenvalue weighted by Gasteiger charge is 2.34. The van der Waals surface area contributed by atoms with Crippen molar-refractivity contribution in [2.24, 2.45) is 11.7 Å². The molecule has 3 atom stereocenters. The van der Waals surface area contributed by atoms with Crippen LogP contribution in [-0.4, -0.2) is 48.8 Å². The van der Waals surface area contributed by atoms with Gasteiger partial charge in [0.1, 0.15) is 0 Å². The number of rotatable bonds is 3. The largest absolute Gasteiger partial charge is 0.391 e. The molecule has 5 nitrogen and oxygen atoms in total. The highest BCUT2D eigenvalue weighted by Crippen LogP contribution is 2.21. The zero-order valence-electron chi connectivity index (χ0n) is 9.26. The maximum Gasteiger partial charge on any atom is 0.218 e. The second kappa shape index (κ2) is 4.78. The van der Waals surface area contributed by atoms with Crippen molar-refractivity contribution in [3.63, 3.8) is 0 Å². The molecule has 1 rings (SSSR count). The van der Waals surface area contributed by atoms with Gasteiger partial charge in [-0.05, 0) is 19.3 Å². The zero-order valence-corrected chi connectivity index (χ0v) is 10.1. The van der Waals surface area contributed by atoms with Crippen molar-refractivity contribution in [1.82, 2.24) is 4.31 Å². The van der Waals surface area contributed by atoms with Gasteiger partial charge in [-0.2, -0.15) is 4.31 Å². The molecular weight excluding hydrogens is 216 g/mol. The van der Waals surface area contributed by atoms with Gasteiger partial charge in [0.05, 0.1) is 11.4 Å². The third kappa shape index (κ3) is 2.69. The van der Waals surface area contributed by atoms with E-state index < -0.39 is 21.4 Å². The van der Waals surface area contributed by atoms with Gasteiger partial charge < -0.3 is 10.8 Å². The Morgan fingerprint density at radius 1 is 1.60 bits per heavy atom. The number of sulfonamides is 1. The Morgan fingerprint density at radius 2 is 2.20 bits per heavy atom. The summed E-state index contributed by atoms with van der Waals surface area (Å²) in [6.45, 7) is 4.34. The number of hydrogen-bond acceptors (Lipinski definition) is 4. The molecule has 15 heavy (non-hydrogen) atoms. The molecule has 0 saturated carbocycles. The molecule has 1 aliphatic rings. The van der Waals surface area contributed by atoms with Crippen LogP contribution in [0.4, 0.5) is 0 Å². The topological polar surface area (TPSA) is 83.6 Å². The quantitative estimate of drug-likeness (QED) is 0.683. The molecule has 1 fully saturated rings. The predicted octanol–water partition coefficient (Wildman–Crippen LogP) is -0.634. The number of nitrogens with zero attached hydrogens (tertiary/aromatic N) is 1. The van der Waals surface area contributed by atoms with E-state index in [4.69, 9.17) is 5.73 Å². The lowest BCUT2D eigenvalue weighted by atomic mass is 9.98. The third-order valence-electron chi connectivity index (χ3n) is 3.08. The van der Waals surface area contributed by atoms with Crippen molar-refractivity contribution in [1.29, 1.82) is 0 Å². The molecule has 3 unspecified atom stereocenters. The summed E-state index contributed by atoms with van der Waals surface area (Å²) in [5.74, 6) is 0.171. The summed E-state index contributed by atoms with van der Waals surface area (Å²) in [6.07, 6.45) is 0.149. The van der Waals surface area contributed by atoms with Gasteiger partial charge in [-0.3, -0.25) is 0 Å². The summed E-state index contributed by atoms with van der Waals surface area (Å²) >= 11 is 0. The van der Waals surface area contributed by atoms with Crippen LogP contribution in [0.3, 0.4) is 0 Å². The summed E-state index contributed by atoms with van der Waals surface area (Å²) in [7, 11) is -3.32. The van der Waals surface area contributed by atoms with Crippen LogP contribution in [0, 0.1) is 5.92 Å². The monoisotopic (exact) mass is 236 g/mol. The Labute approximate surface area is 91.3 Å². The molecule has 90 valence electrons. The normalized spacial score (nSPS) is 31.5. The highest BCUT2D eigenvalue weighted by molar-refractivity contribution is 7.89. The van der Waals surface area contributed by atoms with Gasteiger partial charge in [-0.1, -0.05) is 6.92 Å². The third-order valence-corrected chi connectivity index (χ3v) is 5.34. The van der Waals surface area contributed by atoms with Crippen molar-refractivity contribution in [2.45, 2.75) is 31.6 Å². The number of aliphatic hydroxyl groups excluding tert-OH is 1. The van der Waals surface area contributed by atoms with E-state index in [9.17, 15) is 13.5 Å². The van der Waals surface area contributed by atoms with E-state index in [1.807, 2.05) is 6.92 Å². The summed E-state index contributed by atoms with van der Waals surface area (Å²) < 4.78 is 25.2. The van der Waals surface area contributed by atoms with E-state index in [0.717, 1.165) is 0 Å². The molecule has 0 aromatic rings. The van der Waals surface area contributed by atoms with Crippen LogP contribution in [0.15, 0.2) is 0 Å². The van der Waals surface area contributed by atoms with Crippen LogP contribution in [-0.2, 0) is 10.0 Å². The smallest absolute Gasteiger partial charge is 0.218 e. The minimum atomic E-state index is -3.32. The fraction of sp³-hybridized carbons (Fsp3) is 1.00. The van der Waals surface area contributed by atoms with Gasteiger partial charge in [0.15, 0.2) is 0 Å². The van der Waals surface area contributed by atoms with Crippen LogP contribution < -0.4 is 5.73 Å². The first-order chi connectivity index (χ1) is 6.89. The summed E-state index contributed by atoms with van der Waals surface area (Å²) in [4.78, 5) is 0. The molecule has 0 aromatic heterocycles. The van der Waals surface area contributed by atoms with E-state index in [1.165, 1.54) is 4.31 Å². The van der Waals surface area contributed by atoms with E-state index in [1.54, 1.807) is 6.92 Å². The maximum absolute atomic E-state index is 11.9. The summed E-state index contributed by atoms with van der Waals surface area (Å²) in [6, 6.07) is 0. The molecule has 1 heterocycles. The Kier molecular flexibility index (Phi) is 4.11. The second-order valence-corrected chi connectivity index (χ2v) is 6.63. The van der Waals surface area contributed by atoms with Crippen molar-refractivity contribution in [2.75, 3.05) is 19.6 Å². The predicted molar refractivity (Wildman–Crippen MR) is 58.8 cm³/mol. The van der Waals surface area contributed by atoms with E-state index in [-0.39, 0.29) is 19.0 Å². The molecule has 0 bridgehead atoms. The average Bonchev–Trinajstić information content (AvgIpc) is 2.20. The Balaban J connectivity index is 2.73. The van der Waals surface area contributed by atoms with Crippen molar-refractivity contribution >= 4 is 10.0 Å². The molecule has 1 aliphatic heterocycles. The second-order valence-electron chi connectivity index (χ2n) is 4.28. The highest BCUT2D eigenvalue weighted by atomic mass is 32.2.